The molecule has 1 rings (SSSR count). The Balaban J connectivity index is 2.26. The van der Waals surface area contributed by atoms with Gasteiger partial charge in [-0.3, -0.25) is 4.79 Å². The summed E-state index contributed by atoms with van der Waals surface area (Å²) in [7, 11) is 0. The van der Waals surface area contributed by atoms with Crippen molar-refractivity contribution in [3.8, 4) is 0 Å². The highest BCUT2D eigenvalue weighted by Crippen LogP contribution is 2.14. The Morgan fingerprint density at radius 2 is 1.57 bits per heavy atom. The molecule has 0 spiro atoms. The topological polar surface area (TPSA) is 26.3 Å². The molecule has 0 aliphatic carbocycles. The lowest BCUT2D eigenvalue weighted by Gasteiger charge is -2.14. The third-order valence-corrected chi connectivity index (χ3v) is 2.82. The van der Waals surface area contributed by atoms with Crippen LogP contribution in [0.5, 0.6) is 0 Å². The third kappa shape index (κ3) is 5.25. The minimum atomic E-state index is -0.00178. The van der Waals surface area contributed by atoms with Gasteiger partial charge in [0.05, 0.1) is 6.10 Å². The lowest BCUT2D eigenvalue weighted by molar-refractivity contribution is -0.148. The molecule has 1 unspecified atom stereocenters. The summed E-state index contributed by atoms with van der Waals surface area (Å²) in [5.41, 5.74) is 0. The summed E-state index contributed by atoms with van der Waals surface area (Å²) in [6.07, 6.45) is 10.4. The molecule has 0 saturated carbocycles. The van der Waals surface area contributed by atoms with Gasteiger partial charge in [0, 0.05) is 6.42 Å². The van der Waals surface area contributed by atoms with Crippen LogP contribution in [0.2, 0.25) is 0 Å². The van der Waals surface area contributed by atoms with E-state index in [0.717, 1.165) is 12.8 Å². The molecule has 1 saturated heterocycles. The molecule has 0 aromatic carbocycles. The van der Waals surface area contributed by atoms with E-state index in [4.69, 9.17) is 4.74 Å². The first-order chi connectivity index (χ1) is 6.79. The molecule has 0 radical (unpaired) electrons. The zero-order valence-electron chi connectivity index (χ0n) is 9.26. The van der Waals surface area contributed by atoms with E-state index in [-0.39, 0.29) is 12.1 Å². The maximum atomic E-state index is 11.3. The molecular formula is C12H22O2. The van der Waals surface area contributed by atoms with E-state index in [9.17, 15) is 4.79 Å². The zero-order chi connectivity index (χ0) is 10.2. The first-order valence-electron chi connectivity index (χ1n) is 5.98. The summed E-state index contributed by atoms with van der Waals surface area (Å²) in [5.74, 6) is -0.00178. The van der Waals surface area contributed by atoms with E-state index in [0.29, 0.717) is 6.42 Å². The average molecular weight is 198 g/mol. The maximum absolute atomic E-state index is 11.3. The van der Waals surface area contributed by atoms with Crippen LogP contribution in [0.15, 0.2) is 0 Å². The second-order valence-electron chi connectivity index (χ2n) is 4.31. The maximum Gasteiger partial charge on any atom is 0.306 e. The molecule has 1 aliphatic heterocycles. The van der Waals surface area contributed by atoms with Crippen LogP contribution in [0.1, 0.15) is 64.7 Å². The van der Waals surface area contributed by atoms with Gasteiger partial charge in [-0.1, -0.05) is 32.1 Å². The molecule has 0 aromatic rings. The summed E-state index contributed by atoms with van der Waals surface area (Å²) in [6.45, 7) is 2.00. The predicted molar refractivity (Wildman–Crippen MR) is 57.1 cm³/mol. The zero-order valence-corrected chi connectivity index (χ0v) is 9.26. The van der Waals surface area contributed by atoms with Crippen molar-refractivity contribution >= 4 is 5.97 Å². The molecule has 0 aromatic heterocycles. The Morgan fingerprint density at radius 3 is 2.29 bits per heavy atom. The van der Waals surface area contributed by atoms with Crippen LogP contribution in [0, 0.1) is 0 Å². The SMILES string of the molecule is CC1CCCCCCCCCC(=O)O1. The molecule has 1 atom stereocenters. The molecule has 1 aliphatic rings. The fraction of sp³-hybridized carbons (Fsp3) is 0.917. The summed E-state index contributed by atoms with van der Waals surface area (Å²) < 4.78 is 5.28. The molecule has 14 heavy (non-hydrogen) atoms. The van der Waals surface area contributed by atoms with Gasteiger partial charge in [0.2, 0.25) is 0 Å². The van der Waals surface area contributed by atoms with Gasteiger partial charge in [-0.25, -0.2) is 0 Å². The minimum Gasteiger partial charge on any atom is -0.463 e. The lowest BCUT2D eigenvalue weighted by atomic mass is 10.1. The second kappa shape index (κ2) is 6.86. The summed E-state index contributed by atoms with van der Waals surface area (Å²) in [6, 6.07) is 0. The molecular weight excluding hydrogens is 176 g/mol. The summed E-state index contributed by atoms with van der Waals surface area (Å²) in [5, 5.41) is 0. The minimum absolute atomic E-state index is 0.00178. The molecule has 82 valence electrons. The van der Waals surface area contributed by atoms with E-state index in [2.05, 4.69) is 0 Å². The van der Waals surface area contributed by atoms with Crippen molar-refractivity contribution in [1.82, 2.24) is 0 Å². The van der Waals surface area contributed by atoms with Crippen LogP contribution in [-0.2, 0) is 9.53 Å². The number of rotatable bonds is 0. The molecule has 2 heteroatoms. The molecule has 1 fully saturated rings. The number of carbonyl (C=O) groups excluding carboxylic acids is 1. The Morgan fingerprint density at radius 1 is 1.00 bits per heavy atom. The second-order valence-corrected chi connectivity index (χ2v) is 4.31. The molecule has 0 amide bonds. The predicted octanol–water partition coefficient (Wildman–Crippen LogP) is 3.44. The van der Waals surface area contributed by atoms with Gasteiger partial charge < -0.3 is 4.74 Å². The van der Waals surface area contributed by atoms with Gasteiger partial charge in [-0.05, 0) is 26.2 Å². The standard InChI is InChI=1S/C12H22O2/c1-11-9-7-5-3-2-4-6-8-10-12(13)14-11/h11H,2-10H2,1H3. The highest BCUT2D eigenvalue weighted by atomic mass is 16.5. The number of ether oxygens (including phenoxy) is 1. The Hall–Kier alpha value is -0.530. The average Bonchev–Trinajstić information content (AvgIpc) is 2.13. The van der Waals surface area contributed by atoms with E-state index < -0.39 is 0 Å². The fourth-order valence-electron chi connectivity index (χ4n) is 1.93. The first-order valence-corrected chi connectivity index (χ1v) is 5.98. The Bertz CT molecular complexity index is 166. The Kier molecular flexibility index (Phi) is 5.65. The van der Waals surface area contributed by atoms with Crippen LogP contribution >= 0.6 is 0 Å². The van der Waals surface area contributed by atoms with Gasteiger partial charge in [0.25, 0.3) is 0 Å². The molecule has 1 heterocycles. The number of cyclic esters (lactones) is 1. The monoisotopic (exact) mass is 198 g/mol. The molecule has 2 nitrogen and oxygen atoms in total. The van der Waals surface area contributed by atoms with E-state index in [1.807, 2.05) is 6.92 Å². The van der Waals surface area contributed by atoms with Crippen LogP contribution < -0.4 is 0 Å². The van der Waals surface area contributed by atoms with Gasteiger partial charge in [0.1, 0.15) is 0 Å². The third-order valence-electron chi connectivity index (χ3n) is 2.82. The van der Waals surface area contributed by atoms with Crippen LogP contribution in [0.25, 0.3) is 0 Å². The lowest BCUT2D eigenvalue weighted by Crippen LogP contribution is -2.14. The van der Waals surface area contributed by atoms with Crippen molar-refractivity contribution in [3.63, 3.8) is 0 Å². The van der Waals surface area contributed by atoms with Crippen LogP contribution in [-0.4, -0.2) is 12.1 Å². The van der Waals surface area contributed by atoms with Crippen molar-refractivity contribution in [3.05, 3.63) is 0 Å². The van der Waals surface area contributed by atoms with Gasteiger partial charge >= 0.3 is 5.97 Å². The number of esters is 1. The largest absolute Gasteiger partial charge is 0.463 e. The molecule has 0 N–H and O–H groups in total. The van der Waals surface area contributed by atoms with Crippen molar-refractivity contribution in [1.29, 1.82) is 0 Å². The number of hydrogen-bond donors (Lipinski definition) is 0. The van der Waals surface area contributed by atoms with E-state index in [1.54, 1.807) is 0 Å². The smallest absolute Gasteiger partial charge is 0.306 e. The summed E-state index contributed by atoms with van der Waals surface area (Å²) in [4.78, 5) is 11.3. The van der Waals surface area contributed by atoms with Crippen molar-refractivity contribution in [2.45, 2.75) is 70.8 Å². The fourth-order valence-corrected chi connectivity index (χ4v) is 1.93. The molecule has 0 bridgehead atoms. The van der Waals surface area contributed by atoms with Gasteiger partial charge in [0.15, 0.2) is 0 Å². The normalized spacial score (nSPS) is 27.2. The summed E-state index contributed by atoms with van der Waals surface area (Å²) >= 11 is 0. The highest BCUT2D eigenvalue weighted by Gasteiger charge is 2.09. The Labute approximate surface area is 87.0 Å². The van der Waals surface area contributed by atoms with E-state index in [1.165, 1.54) is 38.5 Å². The van der Waals surface area contributed by atoms with Crippen LogP contribution in [0.4, 0.5) is 0 Å². The van der Waals surface area contributed by atoms with Gasteiger partial charge in [-0.15, -0.1) is 0 Å². The van der Waals surface area contributed by atoms with Crippen molar-refractivity contribution in [2.75, 3.05) is 0 Å². The van der Waals surface area contributed by atoms with Gasteiger partial charge in [-0.2, -0.15) is 0 Å². The highest BCUT2D eigenvalue weighted by molar-refractivity contribution is 5.69. The van der Waals surface area contributed by atoms with Crippen LogP contribution in [0.3, 0.4) is 0 Å². The van der Waals surface area contributed by atoms with E-state index >= 15 is 0 Å². The van der Waals surface area contributed by atoms with Crippen molar-refractivity contribution < 1.29 is 9.53 Å². The number of hydrogen-bond acceptors (Lipinski definition) is 2. The quantitative estimate of drug-likeness (QED) is 0.557. The first kappa shape index (κ1) is 11.5. The van der Waals surface area contributed by atoms with Crippen molar-refractivity contribution in [2.24, 2.45) is 0 Å². The number of carbonyl (C=O) groups is 1.